The molecule has 29 heavy (non-hydrogen) atoms. The summed E-state index contributed by atoms with van der Waals surface area (Å²) in [6, 6.07) is 9.44. The lowest BCUT2D eigenvalue weighted by atomic mass is 10.1. The highest BCUT2D eigenvalue weighted by atomic mass is 19.1. The summed E-state index contributed by atoms with van der Waals surface area (Å²) in [4.78, 5) is 20.4. The molecule has 2 fully saturated rings. The Morgan fingerprint density at radius 3 is 2.90 bits per heavy atom. The molecule has 0 N–H and O–H groups in total. The van der Waals surface area contributed by atoms with Gasteiger partial charge in [-0.2, -0.15) is 5.26 Å². The van der Waals surface area contributed by atoms with Crippen LogP contribution < -0.4 is 4.74 Å². The number of fused-ring (bicyclic) bond motifs is 1. The van der Waals surface area contributed by atoms with Crippen molar-refractivity contribution in [1.29, 1.82) is 5.26 Å². The fourth-order valence-electron chi connectivity index (χ4n) is 4.16. The predicted molar refractivity (Wildman–Crippen MR) is 107 cm³/mol. The van der Waals surface area contributed by atoms with E-state index in [9.17, 15) is 9.18 Å². The summed E-state index contributed by atoms with van der Waals surface area (Å²) in [5.41, 5.74) is 2.09. The highest BCUT2D eigenvalue weighted by molar-refractivity contribution is 5.85. The number of amides is 1. The molecule has 2 aliphatic rings. The van der Waals surface area contributed by atoms with Crippen molar-refractivity contribution in [1.82, 2.24) is 14.8 Å². The summed E-state index contributed by atoms with van der Waals surface area (Å²) < 4.78 is 19.8. The monoisotopic (exact) mass is 396 g/mol. The van der Waals surface area contributed by atoms with E-state index in [2.05, 4.69) is 16.0 Å². The molecule has 6 nitrogen and oxygen atoms in total. The van der Waals surface area contributed by atoms with E-state index in [0.29, 0.717) is 0 Å². The van der Waals surface area contributed by atoms with Crippen molar-refractivity contribution in [3.63, 3.8) is 0 Å². The second kappa shape index (κ2) is 8.34. The third kappa shape index (κ3) is 4.33. The van der Waals surface area contributed by atoms with Gasteiger partial charge in [0.25, 0.3) is 0 Å². The smallest absolute Gasteiger partial charge is 0.237 e. The molecule has 1 aromatic carbocycles. The van der Waals surface area contributed by atoms with E-state index in [0.717, 1.165) is 48.1 Å². The highest BCUT2D eigenvalue weighted by Gasteiger charge is 2.36. The molecule has 0 radical (unpaired) electrons. The van der Waals surface area contributed by atoms with Crippen molar-refractivity contribution >= 4 is 16.8 Å². The van der Waals surface area contributed by atoms with Gasteiger partial charge >= 0.3 is 0 Å². The number of nitriles is 1. The Bertz CT molecular complexity index is 936. The van der Waals surface area contributed by atoms with Crippen molar-refractivity contribution in [2.24, 2.45) is 0 Å². The molecule has 7 heteroatoms. The molecule has 152 valence electrons. The molecule has 0 spiro atoms. The summed E-state index contributed by atoms with van der Waals surface area (Å²) in [6.07, 6.45) is 2.51. The number of pyridine rings is 1. The average Bonchev–Trinajstić information content (AvgIpc) is 3.10. The lowest BCUT2D eigenvalue weighted by molar-refractivity contribution is -0.133. The standard InChI is InChI=1S/C22H25FN4O2/c1-15-2-3-19-20(10-15)25-7-4-21(19)29-18-5-8-26(9-6-18)14-22(28)27-13-16(23)11-17(27)12-24/h2-4,7,10,16-18H,5-6,8-9,11,13-14H2,1H3/t16-,17-/m0/s1. The van der Waals surface area contributed by atoms with Gasteiger partial charge in [0.05, 0.1) is 24.7 Å². The summed E-state index contributed by atoms with van der Waals surface area (Å²) in [6.45, 7) is 3.78. The molecule has 2 aromatic rings. The van der Waals surface area contributed by atoms with Gasteiger partial charge in [-0.05, 0) is 43.5 Å². The fourth-order valence-corrected chi connectivity index (χ4v) is 4.16. The minimum atomic E-state index is -1.10. The van der Waals surface area contributed by atoms with Crippen LogP contribution in [-0.2, 0) is 4.79 Å². The van der Waals surface area contributed by atoms with E-state index >= 15 is 0 Å². The van der Waals surface area contributed by atoms with Crippen molar-refractivity contribution in [2.45, 2.75) is 44.5 Å². The Labute approximate surface area is 169 Å². The Kier molecular flexibility index (Phi) is 5.63. The van der Waals surface area contributed by atoms with E-state index in [1.165, 1.54) is 4.90 Å². The van der Waals surface area contributed by atoms with Crippen molar-refractivity contribution in [3.05, 3.63) is 36.0 Å². The quantitative estimate of drug-likeness (QED) is 0.795. The number of ether oxygens (including phenoxy) is 1. The third-order valence-electron chi connectivity index (χ3n) is 5.76. The van der Waals surface area contributed by atoms with E-state index in [1.807, 2.05) is 31.2 Å². The van der Waals surface area contributed by atoms with Crippen LogP contribution >= 0.6 is 0 Å². The Morgan fingerprint density at radius 1 is 1.34 bits per heavy atom. The van der Waals surface area contributed by atoms with Gasteiger partial charge in [0.1, 0.15) is 24.1 Å². The van der Waals surface area contributed by atoms with Gasteiger partial charge in [-0.25, -0.2) is 4.39 Å². The van der Waals surface area contributed by atoms with Crippen LogP contribution in [0.3, 0.4) is 0 Å². The third-order valence-corrected chi connectivity index (χ3v) is 5.76. The Morgan fingerprint density at radius 2 is 2.14 bits per heavy atom. The van der Waals surface area contributed by atoms with Crippen LogP contribution in [0.1, 0.15) is 24.8 Å². The van der Waals surface area contributed by atoms with Crippen LogP contribution in [0, 0.1) is 18.3 Å². The molecule has 0 bridgehead atoms. The van der Waals surface area contributed by atoms with Crippen molar-refractivity contribution in [2.75, 3.05) is 26.2 Å². The van der Waals surface area contributed by atoms with Crippen LogP contribution in [0.25, 0.3) is 10.9 Å². The van der Waals surface area contributed by atoms with Crippen LogP contribution in [0.2, 0.25) is 0 Å². The molecule has 2 saturated heterocycles. The largest absolute Gasteiger partial charge is 0.490 e. The molecule has 3 heterocycles. The predicted octanol–water partition coefficient (Wildman–Crippen LogP) is 2.85. The minimum Gasteiger partial charge on any atom is -0.490 e. The minimum absolute atomic E-state index is 0.0330. The zero-order valence-electron chi connectivity index (χ0n) is 16.6. The van der Waals surface area contributed by atoms with Gasteiger partial charge in [-0.3, -0.25) is 14.7 Å². The van der Waals surface area contributed by atoms with Gasteiger partial charge in [0.15, 0.2) is 0 Å². The average molecular weight is 396 g/mol. The van der Waals surface area contributed by atoms with Crippen molar-refractivity contribution < 1.29 is 13.9 Å². The lowest BCUT2D eigenvalue weighted by Gasteiger charge is -2.33. The first-order chi connectivity index (χ1) is 14.0. The van der Waals surface area contributed by atoms with E-state index in [1.54, 1.807) is 6.20 Å². The van der Waals surface area contributed by atoms with Gasteiger partial charge in [0, 0.05) is 31.1 Å². The molecule has 1 amide bonds. The first kappa shape index (κ1) is 19.6. The Balaban J connectivity index is 1.32. The number of aryl methyl sites for hydroxylation is 1. The number of hydrogen-bond donors (Lipinski definition) is 0. The molecule has 0 aliphatic carbocycles. The molecular weight excluding hydrogens is 371 g/mol. The number of rotatable bonds is 4. The van der Waals surface area contributed by atoms with Gasteiger partial charge in [-0.1, -0.05) is 6.07 Å². The first-order valence-corrected chi connectivity index (χ1v) is 10.1. The zero-order valence-corrected chi connectivity index (χ0v) is 16.6. The second-order valence-electron chi connectivity index (χ2n) is 7.95. The topological polar surface area (TPSA) is 69.5 Å². The molecule has 2 atom stereocenters. The number of alkyl halides is 1. The van der Waals surface area contributed by atoms with Crippen molar-refractivity contribution in [3.8, 4) is 11.8 Å². The van der Waals surface area contributed by atoms with E-state index in [4.69, 9.17) is 10.00 Å². The second-order valence-corrected chi connectivity index (χ2v) is 7.95. The van der Waals surface area contributed by atoms with E-state index < -0.39 is 12.2 Å². The van der Waals surface area contributed by atoms with Gasteiger partial charge in [-0.15, -0.1) is 0 Å². The molecule has 2 aliphatic heterocycles. The number of benzene rings is 1. The Hall–Kier alpha value is -2.72. The molecule has 4 rings (SSSR count). The number of likely N-dealkylation sites (tertiary alicyclic amines) is 2. The lowest BCUT2D eigenvalue weighted by Crippen LogP contribution is -2.46. The normalized spacial score (nSPS) is 23.3. The van der Waals surface area contributed by atoms with Crippen LogP contribution in [0.4, 0.5) is 4.39 Å². The number of nitrogens with zero attached hydrogens (tertiary/aromatic N) is 4. The van der Waals surface area contributed by atoms with Gasteiger partial charge < -0.3 is 9.64 Å². The fraction of sp³-hybridized carbons (Fsp3) is 0.500. The highest BCUT2D eigenvalue weighted by Crippen LogP contribution is 2.28. The summed E-state index contributed by atoms with van der Waals surface area (Å²) in [7, 11) is 0. The summed E-state index contributed by atoms with van der Waals surface area (Å²) >= 11 is 0. The first-order valence-electron chi connectivity index (χ1n) is 10.1. The van der Waals surface area contributed by atoms with Crippen LogP contribution in [-0.4, -0.2) is 65.2 Å². The zero-order chi connectivity index (χ0) is 20.4. The number of aromatic nitrogens is 1. The maximum atomic E-state index is 13.6. The summed E-state index contributed by atoms with van der Waals surface area (Å²) in [5.74, 6) is 0.680. The summed E-state index contributed by atoms with van der Waals surface area (Å²) in [5, 5.41) is 10.1. The molecule has 0 unspecified atom stereocenters. The number of hydrogen-bond acceptors (Lipinski definition) is 5. The van der Waals surface area contributed by atoms with Gasteiger partial charge in [0.2, 0.25) is 5.91 Å². The number of piperidine rings is 1. The number of carbonyl (C=O) groups is 1. The molecular formula is C22H25FN4O2. The number of halogens is 1. The molecule has 0 saturated carbocycles. The van der Waals surface area contributed by atoms with Crippen LogP contribution in [0.5, 0.6) is 5.75 Å². The number of carbonyl (C=O) groups excluding carboxylic acids is 1. The molecule has 1 aromatic heterocycles. The van der Waals surface area contributed by atoms with Crippen LogP contribution in [0.15, 0.2) is 30.5 Å². The van der Waals surface area contributed by atoms with E-state index in [-0.39, 0.29) is 31.5 Å². The maximum Gasteiger partial charge on any atom is 0.237 e. The maximum absolute atomic E-state index is 13.6. The SMILES string of the molecule is Cc1ccc2c(OC3CCN(CC(=O)N4C[C@@H](F)C[C@H]4C#N)CC3)ccnc2c1.